The van der Waals surface area contributed by atoms with E-state index in [0.717, 1.165) is 9.87 Å². The van der Waals surface area contributed by atoms with E-state index in [9.17, 15) is 18.0 Å². The molecule has 0 aliphatic carbocycles. The third-order valence-corrected chi connectivity index (χ3v) is 9.34. The van der Waals surface area contributed by atoms with Gasteiger partial charge in [-0.1, -0.05) is 83.9 Å². The molecule has 1 unspecified atom stereocenters. The Labute approximate surface area is 274 Å². The average molecular weight is 669 g/mol. The van der Waals surface area contributed by atoms with E-state index >= 15 is 0 Å². The van der Waals surface area contributed by atoms with Crippen molar-refractivity contribution in [3.63, 3.8) is 0 Å². The van der Waals surface area contributed by atoms with Gasteiger partial charge in [-0.25, -0.2) is 8.42 Å². The fourth-order valence-electron chi connectivity index (χ4n) is 4.78. The number of methoxy groups -OCH3 is 1. The van der Waals surface area contributed by atoms with E-state index in [1.807, 2.05) is 44.2 Å². The Hall–Kier alpha value is -4.05. The molecule has 0 aliphatic rings. The van der Waals surface area contributed by atoms with E-state index in [-0.39, 0.29) is 40.5 Å². The average Bonchev–Trinajstić information content (AvgIpc) is 3.02. The normalized spacial score (nSPS) is 12.0. The van der Waals surface area contributed by atoms with Crippen LogP contribution in [-0.2, 0) is 32.6 Å². The Kier molecular flexibility index (Phi) is 11.5. The Balaban J connectivity index is 1.82. The molecule has 0 aliphatic heterocycles. The van der Waals surface area contributed by atoms with E-state index < -0.39 is 28.5 Å². The molecule has 0 saturated heterocycles. The van der Waals surface area contributed by atoms with E-state index in [1.165, 1.54) is 42.3 Å². The maximum atomic E-state index is 14.5. The summed E-state index contributed by atoms with van der Waals surface area (Å²) in [6.45, 7) is 3.10. The minimum atomic E-state index is -4.25. The molecule has 8 nitrogen and oxygen atoms in total. The van der Waals surface area contributed by atoms with E-state index in [4.69, 9.17) is 27.9 Å². The van der Waals surface area contributed by atoms with Gasteiger partial charge >= 0.3 is 0 Å². The van der Waals surface area contributed by atoms with Crippen LogP contribution in [0, 0.1) is 0 Å². The van der Waals surface area contributed by atoms with Crippen molar-refractivity contribution in [2.45, 2.75) is 43.8 Å². The summed E-state index contributed by atoms with van der Waals surface area (Å²) in [5, 5.41) is 3.63. The maximum Gasteiger partial charge on any atom is 0.264 e. The first kappa shape index (κ1) is 33.8. The van der Waals surface area contributed by atoms with Gasteiger partial charge in [-0.2, -0.15) is 0 Å². The van der Waals surface area contributed by atoms with Crippen LogP contribution >= 0.6 is 23.2 Å². The first-order valence-electron chi connectivity index (χ1n) is 14.3. The molecular formula is C34H35Cl2N3O5S. The number of halogens is 2. The minimum Gasteiger partial charge on any atom is -0.495 e. The third-order valence-electron chi connectivity index (χ3n) is 7.00. The molecule has 0 heterocycles. The number of ether oxygens (including phenoxy) is 1. The van der Waals surface area contributed by atoms with Crippen molar-refractivity contribution >= 4 is 50.7 Å². The molecule has 4 aromatic rings. The highest BCUT2D eigenvalue weighted by Crippen LogP contribution is 2.32. The summed E-state index contributed by atoms with van der Waals surface area (Å²) in [4.78, 5) is 29.6. The van der Waals surface area contributed by atoms with Gasteiger partial charge in [0.1, 0.15) is 18.3 Å². The summed E-state index contributed by atoms with van der Waals surface area (Å²) >= 11 is 12.5. The molecular weight excluding hydrogens is 633 g/mol. The molecule has 236 valence electrons. The van der Waals surface area contributed by atoms with E-state index in [1.54, 1.807) is 42.5 Å². The minimum absolute atomic E-state index is 0.00706. The molecule has 0 fully saturated rings. The van der Waals surface area contributed by atoms with Crippen molar-refractivity contribution in [1.29, 1.82) is 0 Å². The van der Waals surface area contributed by atoms with Crippen molar-refractivity contribution < 1.29 is 22.7 Å². The van der Waals surface area contributed by atoms with Crippen LogP contribution in [0.1, 0.15) is 25.0 Å². The van der Waals surface area contributed by atoms with Crippen LogP contribution in [0.3, 0.4) is 0 Å². The van der Waals surface area contributed by atoms with Gasteiger partial charge in [-0.3, -0.25) is 13.9 Å². The molecule has 0 spiro atoms. The SMILES string of the molecule is COc1ccc(N(CC(=O)N(Cc2ccc(Cl)cc2)C(Cc2ccccc2)C(=O)NC(C)C)S(=O)(=O)c2ccccc2)cc1Cl. The Bertz CT molecular complexity index is 1700. The Morgan fingerprint density at radius 1 is 0.844 bits per heavy atom. The Morgan fingerprint density at radius 3 is 2.04 bits per heavy atom. The lowest BCUT2D eigenvalue weighted by atomic mass is 10.0. The van der Waals surface area contributed by atoms with Crippen molar-refractivity contribution in [3.8, 4) is 5.75 Å². The highest BCUT2D eigenvalue weighted by atomic mass is 35.5. The zero-order chi connectivity index (χ0) is 32.6. The number of anilines is 1. The third kappa shape index (κ3) is 8.78. The lowest BCUT2D eigenvalue weighted by molar-refractivity contribution is -0.140. The first-order valence-corrected chi connectivity index (χ1v) is 16.5. The fraction of sp³-hybridized carbons (Fsp3) is 0.235. The number of nitrogens with one attached hydrogen (secondary N) is 1. The second kappa shape index (κ2) is 15.3. The molecule has 1 N–H and O–H groups in total. The second-order valence-electron chi connectivity index (χ2n) is 10.7. The van der Waals surface area contributed by atoms with Gasteiger partial charge in [0.05, 0.1) is 22.7 Å². The standard InChI is InChI=1S/C34H35Cl2N3O5S/c1-24(2)37-34(41)31(20-25-10-6-4-7-11-25)38(22-26-14-16-27(35)17-15-26)33(40)23-39(28-18-19-32(44-3)30(36)21-28)45(42,43)29-12-8-5-9-13-29/h4-19,21,24,31H,20,22-23H2,1-3H3,(H,37,41). The van der Waals surface area contributed by atoms with Crippen LogP contribution in [0.25, 0.3) is 0 Å². The summed E-state index contributed by atoms with van der Waals surface area (Å²) in [5.41, 5.74) is 1.72. The predicted molar refractivity (Wildman–Crippen MR) is 178 cm³/mol. The molecule has 0 aromatic heterocycles. The molecule has 0 saturated carbocycles. The van der Waals surface area contributed by atoms with Crippen LogP contribution in [0.4, 0.5) is 5.69 Å². The predicted octanol–water partition coefficient (Wildman–Crippen LogP) is 6.36. The summed E-state index contributed by atoms with van der Waals surface area (Å²) in [6.07, 6.45) is 0.207. The highest BCUT2D eigenvalue weighted by molar-refractivity contribution is 7.92. The fourth-order valence-corrected chi connectivity index (χ4v) is 6.59. The Morgan fingerprint density at radius 2 is 1.47 bits per heavy atom. The van der Waals surface area contributed by atoms with Gasteiger partial charge in [0.2, 0.25) is 11.8 Å². The van der Waals surface area contributed by atoms with Crippen LogP contribution in [0.5, 0.6) is 5.75 Å². The molecule has 0 bridgehead atoms. The number of carbonyl (C=O) groups excluding carboxylic acids is 2. The number of rotatable bonds is 13. The van der Waals surface area contributed by atoms with Crippen molar-refractivity contribution in [2.24, 2.45) is 0 Å². The lowest BCUT2D eigenvalue weighted by Gasteiger charge is -2.34. The lowest BCUT2D eigenvalue weighted by Crippen LogP contribution is -2.54. The number of hydrogen-bond acceptors (Lipinski definition) is 5. The largest absolute Gasteiger partial charge is 0.495 e. The molecule has 4 aromatic carbocycles. The molecule has 2 amide bonds. The second-order valence-corrected chi connectivity index (χ2v) is 13.4. The van der Waals surface area contributed by atoms with Crippen molar-refractivity contribution in [1.82, 2.24) is 10.2 Å². The van der Waals surface area contributed by atoms with Crippen LogP contribution in [0.2, 0.25) is 10.0 Å². The topological polar surface area (TPSA) is 96.0 Å². The van der Waals surface area contributed by atoms with Crippen LogP contribution < -0.4 is 14.4 Å². The van der Waals surface area contributed by atoms with E-state index in [0.29, 0.717) is 16.3 Å². The highest BCUT2D eigenvalue weighted by Gasteiger charge is 2.35. The summed E-state index contributed by atoms with van der Waals surface area (Å²) in [5.74, 6) is -0.598. The molecule has 45 heavy (non-hydrogen) atoms. The molecule has 4 rings (SSSR count). The molecule has 11 heteroatoms. The number of hydrogen-bond donors (Lipinski definition) is 1. The molecule has 1 atom stereocenters. The van der Waals surface area contributed by atoms with Gasteiger partial charge in [0, 0.05) is 24.0 Å². The van der Waals surface area contributed by atoms with E-state index in [2.05, 4.69) is 5.32 Å². The number of benzene rings is 4. The number of nitrogens with zero attached hydrogens (tertiary/aromatic N) is 2. The molecule has 0 radical (unpaired) electrons. The summed E-state index contributed by atoms with van der Waals surface area (Å²) < 4.78 is 34.4. The van der Waals surface area contributed by atoms with Gasteiger partial charge in [-0.15, -0.1) is 0 Å². The van der Waals surface area contributed by atoms with Crippen molar-refractivity contribution in [3.05, 3.63) is 124 Å². The zero-order valence-corrected chi connectivity index (χ0v) is 27.5. The van der Waals surface area contributed by atoms with Gasteiger partial charge in [0.15, 0.2) is 0 Å². The van der Waals surface area contributed by atoms with Gasteiger partial charge in [-0.05, 0) is 67.4 Å². The van der Waals surface area contributed by atoms with Crippen LogP contribution in [0.15, 0.2) is 108 Å². The smallest absolute Gasteiger partial charge is 0.264 e. The van der Waals surface area contributed by atoms with Gasteiger partial charge in [0.25, 0.3) is 10.0 Å². The monoisotopic (exact) mass is 667 g/mol. The number of amides is 2. The zero-order valence-electron chi connectivity index (χ0n) is 25.2. The first-order chi connectivity index (χ1) is 21.5. The number of sulfonamides is 1. The number of carbonyl (C=O) groups is 2. The van der Waals surface area contributed by atoms with Crippen molar-refractivity contribution in [2.75, 3.05) is 18.0 Å². The summed E-state index contributed by atoms with van der Waals surface area (Å²) in [7, 11) is -2.80. The maximum absolute atomic E-state index is 14.5. The quantitative estimate of drug-likeness (QED) is 0.179. The van der Waals surface area contributed by atoms with Crippen LogP contribution in [-0.4, -0.2) is 50.9 Å². The summed E-state index contributed by atoms with van der Waals surface area (Å²) in [6, 6.07) is 27.5. The van der Waals surface area contributed by atoms with Gasteiger partial charge < -0.3 is 15.0 Å².